The van der Waals surface area contributed by atoms with Crippen molar-refractivity contribution in [3.05, 3.63) is 89.5 Å². The van der Waals surface area contributed by atoms with Crippen LogP contribution in [0.1, 0.15) is 35.3 Å². The van der Waals surface area contributed by atoms with Gasteiger partial charge in [0.05, 0.1) is 6.10 Å². The molecule has 0 fully saturated rings. The number of hydrogen-bond acceptors (Lipinski definition) is 3. The second kappa shape index (κ2) is 9.47. The predicted molar refractivity (Wildman–Crippen MR) is 117 cm³/mol. The van der Waals surface area contributed by atoms with E-state index in [-0.39, 0.29) is 12.0 Å². The molecule has 0 bridgehead atoms. The second-order valence-corrected chi connectivity index (χ2v) is 8.00. The van der Waals surface area contributed by atoms with Crippen molar-refractivity contribution in [2.75, 3.05) is 5.32 Å². The van der Waals surface area contributed by atoms with E-state index in [1.165, 1.54) is 16.0 Å². The van der Waals surface area contributed by atoms with E-state index in [0.717, 1.165) is 17.2 Å². The van der Waals surface area contributed by atoms with Crippen molar-refractivity contribution in [1.82, 2.24) is 0 Å². The Kier molecular flexibility index (Phi) is 6.77. The largest absolute Gasteiger partial charge is 0.491 e. The highest BCUT2D eigenvalue weighted by Gasteiger charge is 2.07. The molecule has 3 aromatic carbocycles. The summed E-state index contributed by atoms with van der Waals surface area (Å²) in [7, 11) is 0. The van der Waals surface area contributed by atoms with Crippen molar-refractivity contribution in [2.24, 2.45) is 0 Å². The normalized spacial score (nSPS) is 10.7. The van der Waals surface area contributed by atoms with Gasteiger partial charge in [-0.3, -0.25) is 4.79 Å². The summed E-state index contributed by atoms with van der Waals surface area (Å²) in [5, 5.41) is 2.93. The lowest BCUT2D eigenvalue weighted by Gasteiger charge is -2.11. The number of benzene rings is 3. The van der Waals surface area contributed by atoms with Crippen LogP contribution >= 0.6 is 11.8 Å². The van der Waals surface area contributed by atoms with Gasteiger partial charge >= 0.3 is 0 Å². The third-order valence-corrected chi connectivity index (χ3v) is 5.19. The number of aryl methyl sites for hydroxylation is 1. The van der Waals surface area contributed by atoms with Gasteiger partial charge in [0.25, 0.3) is 5.91 Å². The number of nitrogens with one attached hydrogen (secondary N) is 1. The maximum Gasteiger partial charge on any atom is 0.255 e. The van der Waals surface area contributed by atoms with Gasteiger partial charge in [-0.15, -0.1) is 11.8 Å². The standard InChI is InChI=1S/C24H25NO2S/c1-17(2)27-22-6-4-5-21(15-22)25-24(26)20-11-9-19(10-12-20)16-28-23-13-7-18(3)8-14-23/h4-15,17H,16H2,1-3H3,(H,25,26). The van der Waals surface area contributed by atoms with Crippen molar-refractivity contribution < 1.29 is 9.53 Å². The molecule has 4 heteroatoms. The van der Waals surface area contributed by atoms with E-state index >= 15 is 0 Å². The molecule has 3 aromatic rings. The molecular weight excluding hydrogens is 366 g/mol. The number of carbonyl (C=O) groups is 1. The molecule has 0 saturated carbocycles. The Labute approximate surface area is 171 Å². The van der Waals surface area contributed by atoms with Crippen LogP contribution in [0.3, 0.4) is 0 Å². The summed E-state index contributed by atoms with van der Waals surface area (Å²) in [4.78, 5) is 13.8. The number of carbonyl (C=O) groups excluding carboxylic acids is 1. The molecule has 0 aliphatic carbocycles. The van der Waals surface area contributed by atoms with Gasteiger partial charge in [-0.25, -0.2) is 0 Å². The number of amides is 1. The van der Waals surface area contributed by atoms with E-state index in [1.807, 2.05) is 62.4 Å². The quantitative estimate of drug-likeness (QED) is 0.479. The predicted octanol–water partition coefficient (Wildman–Crippen LogP) is 6.33. The first-order valence-electron chi connectivity index (χ1n) is 9.36. The highest BCUT2D eigenvalue weighted by Crippen LogP contribution is 2.24. The SMILES string of the molecule is Cc1ccc(SCc2ccc(C(=O)Nc3cccc(OC(C)C)c3)cc2)cc1. The third-order valence-electron chi connectivity index (χ3n) is 4.11. The monoisotopic (exact) mass is 391 g/mol. The number of rotatable bonds is 7. The Morgan fingerprint density at radius 2 is 1.71 bits per heavy atom. The molecule has 3 nitrogen and oxygen atoms in total. The van der Waals surface area contributed by atoms with Crippen LogP contribution in [-0.2, 0) is 5.75 Å². The molecule has 0 aliphatic rings. The van der Waals surface area contributed by atoms with Gasteiger partial charge in [-0.2, -0.15) is 0 Å². The fourth-order valence-electron chi connectivity index (χ4n) is 2.68. The smallest absolute Gasteiger partial charge is 0.255 e. The molecule has 3 rings (SSSR count). The molecule has 0 unspecified atom stereocenters. The summed E-state index contributed by atoms with van der Waals surface area (Å²) in [5.41, 5.74) is 3.82. The maximum atomic E-state index is 12.5. The lowest BCUT2D eigenvalue weighted by Crippen LogP contribution is -2.12. The summed E-state index contributed by atoms with van der Waals surface area (Å²) in [6, 6.07) is 23.7. The van der Waals surface area contributed by atoms with Gasteiger partial charge in [0.2, 0.25) is 0 Å². The average Bonchev–Trinajstić information content (AvgIpc) is 2.68. The minimum Gasteiger partial charge on any atom is -0.491 e. The lowest BCUT2D eigenvalue weighted by atomic mass is 10.1. The fraction of sp³-hybridized carbons (Fsp3) is 0.208. The van der Waals surface area contributed by atoms with Gasteiger partial charge in [-0.1, -0.05) is 35.9 Å². The summed E-state index contributed by atoms with van der Waals surface area (Å²) in [5.74, 6) is 1.50. The number of ether oxygens (including phenoxy) is 1. The Balaban J connectivity index is 1.58. The van der Waals surface area contributed by atoms with E-state index in [4.69, 9.17) is 4.74 Å². The topological polar surface area (TPSA) is 38.3 Å². The van der Waals surface area contributed by atoms with Gasteiger partial charge in [0, 0.05) is 28.0 Å². The van der Waals surface area contributed by atoms with Crippen molar-refractivity contribution in [1.29, 1.82) is 0 Å². The molecule has 28 heavy (non-hydrogen) atoms. The van der Waals surface area contributed by atoms with E-state index in [9.17, 15) is 4.79 Å². The zero-order valence-electron chi connectivity index (χ0n) is 16.4. The summed E-state index contributed by atoms with van der Waals surface area (Å²) < 4.78 is 5.67. The lowest BCUT2D eigenvalue weighted by molar-refractivity contribution is 0.102. The summed E-state index contributed by atoms with van der Waals surface area (Å²) in [6.07, 6.45) is 0.0938. The Morgan fingerprint density at radius 1 is 1.00 bits per heavy atom. The van der Waals surface area contributed by atoms with Crippen LogP contribution in [-0.4, -0.2) is 12.0 Å². The first kappa shape index (κ1) is 20.0. The van der Waals surface area contributed by atoms with E-state index in [0.29, 0.717) is 5.56 Å². The van der Waals surface area contributed by atoms with Gasteiger partial charge in [0.1, 0.15) is 5.75 Å². The number of thioether (sulfide) groups is 1. The summed E-state index contributed by atoms with van der Waals surface area (Å²) >= 11 is 1.79. The van der Waals surface area contributed by atoms with E-state index in [2.05, 4.69) is 36.5 Å². The van der Waals surface area contributed by atoms with Gasteiger partial charge < -0.3 is 10.1 Å². The van der Waals surface area contributed by atoms with Crippen LogP contribution in [0.15, 0.2) is 77.7 Å². The van der Waals surface area contributed by atoms with Crippen LogP contribution in [0, 0.1) is 6.92 Å². The van der Waals surface area contributed by atoms with Crippen molar-refractivity contribution in [3.63, 3.8) is 0 Å². The molecule has 0 heterocycles. The van der Waals surface area contributed by atoms with Crippen LogP contribution in [0.5, 0.6) is 5.75 Å². The first-order valence-corrected chi connectivity index (χ1v) is 10.3. The molecule has 144 valence electrons. The molecule has 0 aromatic heterocycles. The molecule has 0 saturated heterocycles. The Bertz CT molecular complexity index is 918. The molecule has 0 spiro atoms. The average molecular weight is 392 g/mol. The molecule has 0 aliphatic heterocycles. The van der Waals surface area contributed by atoms with Crippen LogP contribution in [0.4, 0.5) is 5.69 Å². The second-order valence-electron chi connectivity index (χ2n) is 6.95. The molecular formula is C24H25NO2S. The molecule has 0 radical (unpaired) electrons. The zero-order valence-corrected chi connectivity index (χ0v) is 17.3. The van der Waals surface area contributed by atoms with Crippen LogP contribution in [0.25, 0.3) is 0 Å². The minimum atomic E-state index is -0.126. The molecule has 1 amide bonds. The van der Waals surface area contributed by atoms with E-state index in [1.54, 1.807) is 11.8 Å². The molecule has 0 atom stereocenters. The number of anilines is 1. The van der Waals surface area contributed by atoms with E-state index < -0.39 is 0 Å². The third kappa shape index (κ3) is 5.89. The highest BCUT2D eigenvalue weighted by molar-refractivity contribution is 7.98. The van der Waals surface area contributed by atoms with Gasteiger partial charge in [0.15, 0.2) is 0 Å². The van der Waals surface area contributed by atoms with Crippen molar-refractivity contribution >= 4 is 23.4 Å². The Hall–Kier alpha value is -2.72. The summed E-state index contributed by atoms with van der Waals surface area (Å²) in [6.45, 7) is 6.04. The Morgan fingerprint density at radius 3 is 2.39 bits per heavy atom. The zero-order chi connectivity index (χ0) is 19.9. The van der Waals surface area contributed by atoms with Crippen molar-refractivity contribution in [3.8, 4) is 5.75 Å². The fourth-order valence-corrected chi connectivity index (χ4v) is 3.53. The number of hydrogen-bond donors (Lipinski definition) is 1. The highest BCUT2D eigenvalue weighted by atomic mass is 32.2. The molecule has 1 N–H and O–H groups in total. The van der Waals surface area contributed by atoms with Crippen LogP contribution in [0.2, 0.25) is 0 Å². The maximum absolute atomic E-state index is 12.5. The van der Waals surface area contributed by atoms with Crippen molar-refractivity contribution in [2.45, 2.75) is 37.5 Å². The minimum absolute atomic E-state index is 0.0938. The van der Waals surface area contributed by atoms with Gasteiger partial charge in [-0.05, 0) is 62.7 Å². The van der Waals surface area contributed by atoms with Crippen LogP contribution < -0.4 is 10.1 Å². The first-order chi connectivity index (χ1) is 13.5.